The Labute approximate surface area is 88.5 Å². The summed E-state index contributed by atoms with van der Waals surface area (Å²) in [4.78, 5) is 10.7. The van der Waals surface area contributed by atoms with E-state index >= 15 is 0 Å². The summed E-state index contributed by atoms with van der Waals surface area (Å²) in [6.07, 6.45) is 4.47. The highest BCUT2D eigenvalue weighted by Gasteiger charge is 2.10. The van der Waals surface area contributed by atoms with Gasteiger partial charge in [0.1, 0.15) is 12.1 Å². The molecule has 5 heteroatoms. The van der Waals surface area contributed by atoms with Crippen LogP contribution in [0.15, 0.2) is 12.5 Å². The molecule has 0 aliphatic rings. The monoisotopic (exact) mass is 205 g/mol. The minimum Gasteiger partial charge on any atom is -0.356 e. The molecule has 0 saturated carbocycles. The number of hydrogen-bond acceptors (Lipinski definition) is 4. The van der Waals surface area contributed by atoms with Gasteiger partial charge in [0.05, 0.1) is 11.6 Å². The highest BCUT2D eigenvalue weighted by Crippen LogP contribution is 2.20. The van der Waals surface area contributed by atoms with Gasteiger partial charge in [-0.3, -0.25) is 5.10 Å². The van der Waals surface area contributed by atoms with Crippen molar-refractivity contribution in [2.75, 3.05) is 18.0 Å². The van der Waals surface area contributed by atoms with Crippen molar-refractivity contribution < 1.29 is 0 Å². The van der Waals surface area contributed by atoms with Crippen LogP contribution in [0.4, 0.5) is 5.82 Å². The Morgan fingerprint density at radius 1 is 1.33 bits per heavy atom. The zero-order valence-corrected chi connectivity index (χ0v) is 9.06. The van der Waals surface area contributed by atoms with Gasteiger partial charge in [-0.2, -0.15) is 5.10 Å². The molecule has 2 rings (SSSR count). The van der Waals surface area contributed by atoms with E-state index in [-0.39, 0.29) is 0 Å². The number of anilines is 1. The third kappa shape index (κ3) is 1.77. The molecule has 15 heavy (non-hydrogen) atoms. The minimum absolute atomic E-state index is 0.801. The van der Waals surface area contributed by atoms with E-state index in [1.165, 1.54) is 0 Å². The van der Waals surface area contributed by atoms with Crippen molar-refractivity contribution in [1.82, 2.24) is 20.2 Å². The maximum absolute atomic E-state index is 4.32. The lowest BCUT2D eigenvalue weighted by Crippen LogP contribution is -2.24. The fourth-order valence-electron chi connectivity index (χ4n) is 1.69. The van der Waals surface area contributed by atoms with Gasteiger partial charge in [0.15, 0.2) is 5.65 Å². The SMILES string of the molecule is CCCN(CC)c1ncnc2[nH]ncc12. The van der Waals surface area contributed by atoms with E-state index in [1.807, 2.05) is 0 Å². The summed E-state index contributed by atoms with van der Waals surface area (Å²) in [5, 5.41) is 7.83. The number of nitrogens with zero attached hydrogens (tertiary/aromatic N) is 4. The van der Waals surface area contributed by atoms with Crippen LogP contribution in [0.1, 0.15) is 20.3 Å². The second-order valence-electron chi connectivity index (χ2n) is 3.41. The lowest BCUT2D eigenvalue weighted by atomic mass is 10.3. The summed E-state index contributed by atoms with van der Waals surface area (Å²) in [5.74, 6) is 0.970. The molecular formula is C10H15N5. The molecular weight excluding hydrogens is 190 g/mol. The average Bonchev–Trinajstić information content (AvgIpc) is 2.73. The largest absolute Gasteiger partial charge is 0.356 e. The first-order valence-corrected chi connectivity index (χ1v) is 5.25. The van der Waals surface area contributed by atoms with E-state index in [1.54, 1.807) is 12.5 Å². The van der Waals surface area contributed by atoms with Crippen LogP contribution in [-0.2, 0) is 0 Å². The lowest BCUT2D eigenvalue weighted by Gasteiger charge is -2.21. The van der Waals surface area contributed by atoms with Gasteiger partial charge in [-0.1, -0.05) is 6.92 Å². The molecule has 0 amide bonds. The van der Waals surface area contributed by atoms with Crippen LogP contribution in [0.2, 0.25) is 0 Å². The molecule has 2 aromatic rings. The molecule has 0 radical (unpaired) electrons. The van der Waals surface area contributed by atoms with E-state index in [4.69, 9.17) is 0 Å². The van der Waals surface area contributed by atoms with Crippen LogP contribution in [-0.4, -0.2) is 33.3 Å². The smallest absolute Gasteiger partial charge is 0.160 e. The number of nitrogens with one attached hydrogen (secondary N) is 1. The molecule has 0 unspecified atom stereocenters. The zero-order chi connectivity index (χ0) is 10.7. The van der Waals surface area contributed by atoms with E-state index in [2.05, 4.69) is 38.9 Å². The van der Waals surface area contributed by atoms with Gasteiger partial charge in [-0.25, -0.2) is 9.97 Å². The molecule has 0 aliphatic carbocycles. The summed E-state index contributed by atoms with van der Waals surface area (Å²) < 4.78 is 0. The number of fused-ring (bicyclic) bond motifs is 1. The molecule has 0 spiro atoms. The second-order valence-corrected chi connectivity index (χ2v) is 3.41. The number of aromatic amines is 1. The predicted molar refractivity (Wildman–Crippen MR) is 59.9 cm³/mol. The number of rotatable bonds is 4. The summed E-state index contributed by atoms with van der Waals surface area (Å²) in [5.41, 5.74) is 0.801. The Hall–Kier alpha value is -1.65. The number of aromatic nitrogens is 4. The van der Waals surface area contributed by atoms with Crippen LogP contribution < -0.4 is 4.90 Å². The van der Waals surface area contributed by atoms with Crippen LogP contribution in [0.3, 0.4) is 0 Å². The molecule has 0 fully saturated rings. The summed E-state index contributed by atoms with van der Waals surface area (Å²) in [6, 6.07) is 0. The standard InChI is InChI=1S/C10H15N5/c1-3-5-15(4-2)10-8-6-13-14-9(8)11-7-12-10/h6-7H,3-5H2,1-2H3,(H,11,12,13,14). The van der Waals surface area contributed by atoms with Gasteiger partial charge in [0.25, 0.3) is 0 Å². The third-order valence-corrected chi connectivity index (χ3v) is 2.40. The van der Waals surface area contributed by atoms with Gasteiger partial charge in [-0.15, -0.1) is 0 Å². The molecule has 5 nitrogen and oxygen atoms in total. The van der Waals surface area contributed by atoms with Crippen molar-refractivity contribution in [2.45, 2.75) is 20.3 Å². The van der Waals surface area contributed by atoms with Gasteiger partial charge in [-0.05, 0) is 13.3 Å². The first-order valence-electron chi connectivity index (χ1n) is 5.25. The fraction of sp³-hybridized carbons (Fsp3) is 0.500. The molecule has 0 aromatic carbocycles. The maximum atomic E-state index is 4.32. The molecule has 0 saturated heterocycles. The minimum atomic E-state index is 0.801. The quantitative estimate of drug-likeness (QED) is 0.823. The molecule has 80 valence electrons. The summed E-state index contributed by atoms with van der Waals surface area (Å²) in [7, 11) is 0. The Morgan fingerprint density at radius 3 is 2.93 bits per heavy atom. The lowest BCUT2D eigenvalue weighted by molar-refractivity contribution is 0.781. The highest BCUT2D eigenvalue weighted by atomic mass is 15.2. The zero-order valence-electron chi connectivity index (χ0n) is 9.06. The first kappa shape index (κ1) is 9.89. The Bertz CT molecular complexity index is 436. The molecule has 1 N–H and O–H groups in total. The first-order chi connectivity index (χ1) is 7.36. The maximum Gasteiger partial charge on any atom is 0.160 e. The highest BCUT2D eigenvalue weighted by molar-refractivity contribution is 5.86. The van der Waals surface area contributed by atoms with Crippen molar-refractivity contribution in [2.24, 2.45) is 0 Å². The van der Waals surface area contributed by atoms with Crippen LogP contribution in [0.25, 0.3) is 11.0 Å². The van der Waals surface area contributed by atoms with Crippen molar-refractivity contribution in [3.8, 4) is 0 Å². The second kappa shape index (κ2) is 4.25. The van der Waals surface area contributed by atoms with Crippen molar-refractivity contribution in [3.63, 3.8) is 0 Å². The van der Waals surface area contributed by atoms with Crippen molar-refractivity contribution in [3.05, 3.63) is 12.5 Å². The average molecular weight is 205 g/mol. The van der Waals surface area contributed by atoms with Crippen LogP contribution in [0, 0.1) is 0 Å². The van der Waals surface area contributed by atoms with E-state index < -0.39 is 0 Å². The van der Waals surface area contributed by atoms with Crippen LogP contribution in [0.5, 0.6) is 0 Å². The van der Waals surface area contributed by atoms with Gasteiger partial charge in [0, 0.05) is 13.1 Å². The van der Waals surface area contributed by atoms with E-state index in [0.717, 1.165) is 36.4 Å². The number of hydrogen-bond donors (Lipinski definition) is 1. The summed E-state index contributed by atoms with van der Waals surface area (Å²) in [6.45, 7) is 6.25. The topological polar surface area (TPSA) is 57.7 Å². The Kier molecular flexibility index (Phi) is 2.80. The molecule has 2 aromatic heterocycles. The fourth-order valence-corrected chi connectivity index (χ4v) is 1.69. The molecule has 0 bridgehead atoms. The van der Waals surface area contributed by atoms with Gasteiger partial charge < -0.3 is 4.90 Å². The molecule has 0 aliphatic heterocycles. The van der Waals surface area contributed by atoms with Crippen LogP contribution >= 0.6 is 0 Å². The molecule has 2 heterocycles. The van der Waals surface area contributed by atoms with E-state index in [0.29, 0.717) is 0 Å². The van der Waals surface area contributed by atoms with Gasteiger partial charge in [0.2, 0.25) is 0 Å². The Balaban J connectivity index is 2.44. The summed E-state index contributed by atoms with van der Waals surface area (Å²) >= 11 is 0. The third-order valence-electron chi connectivity index (χ3n) is 2.40. The normalized spacial score (nSPS) is 10.8. The van der Waals surface area contributed by atoms with Crippen molar-refractivity contribution >= 4 is 16.9 Å². The van der Waals surface area contributed by atoms with Crippen molar-refractivity contribution in [1.29, 1.82) is 0 Å². The Morgan fingerprint density at radius 2 is 2.20 bits per heavy atom. The van der Waals surface area contributed by atoms with Gasteiger partial charge >= 0.3 is 0 Å². The van der Waals surface area contributed by atoms with E-state index in [9.17, 15) is 0 Å². The predicted octanol–water partition coefficient (Wildman–Crippen LogP) is 1.59. The molecule has 0 atom stereocenters. The number of H-pyrrole nitrogens is 1.